The third-order valence-corrected chi connectivity index (χ3v) is 5.76. The number of hydrogen-bond acceptors (Lipinski definition) is 3. The van der Waals surface area contributed by atoms with E-state index < -0.39 is 0 Å². The Hall–Kier alpha value is -3.92. The predicted octanol–water partition coefficient (Wildman–Crippen LogP) is 6.62. The van der Waals surface area contributed by atoms with Crippen LogP contribution in [0.2, 0.25) is 0 Å². The molecule has 5 aromatic rings. The van der Waals surface area contributed by atoms with Crippen LogP contribution in [-0.4, -0.2) is 15.9 Å². The van der Waals surface area contributed by atoms with E-state index in [1.165, 1.54) is 16.5 Å². The number of H-pyrrole nitrogens is 1. The van der Waals surface area contributed by atoms with E-state index >= 15 is 0 Å². The second kappa shape index (κ2) is 8.67. The molecule has 0 aliphatic carbocycles. The van der Waals surface area contributed by atoms with Crippen molar-refractivity contribution in [2.45, 2.75) is 26.2 Å². The normalized spacial score (nSPS) is 11.2. The maximum Gasteiger partial charge on any atom is 0.311 e. The fourth-order valence-corrected chi connectivity index (χ4v) is 4.22. The topological polar surface area (TPSA) is 55.0 Å². The summed E-state index contributed by atoms with van der Waals surface area (Å²) in [6.45, 7) is 2.10. The molecule has 0 saturated heterocycles. The highest BCUT2D eigenvalue weighted by Gasteiger charge is 2.15. The van der Waals surface area contributed by atoms with E-state index in [-0.39, 0.29) is 5.97 Å². The lowest BCUT2D eigenvalue weighted by Crippen LogP contribution is -2.08. The van der Waals surface area contributed by atoms with Crippen molar-refractivity contribution in [2.75, 3.05) is 0 Å². The standard InChI is InChI=1S/C28H24N2O2/c1-19-15-16-24-23(18-19)22(28(30-24)25-12-4-5-17-29-25)11-7-14-27(31)32-26-13-6-9-20-8-2-3-10-21(20)26/h2-6,8-10,12-13,15-18,30H,7,11,14H2,1H3. The molecule has 0 spiro atoms. The summed E-state index contributed by atoms with van der Waals surface area (Å²) < 4.78 is 5.71. The molecular weight excluding hydrogens is 396 g/mol. The van der Waals surface area contributed by atoms with Gasteiger partial charge in [0.05, 0.1) is 11.4 Å². The minimum absolute atomic E-state index is 0.211. The molecule has 2 aromatic heterocycles. The monoisotopic (exact) mass is 420 g/mol. The molecule has 0 saturated carbocycles. The summed E-state index contributed by atoms with van der Waals surface area (Å²) >= 11 is 0. The first-order valence-corrected chi connectivity index (χ1v) is 10.9. The van der Waals surface area contributed by atoms with Crippen molar-refractivity contribution in [1.29, 1.82) is 0 Å². The largest absolute Gasteiger partial charge is 0.426 e. The molecule has 5 rings (SSSR count). The lowest BCUT2D eigenvalue weighted by atomic mass is 10.0. The van der Waals surface area contributed by atoms with Crippen molar-refractivity contribution in [2.24, 2.45) is 0 Å². The quantitative estimate of drug-likeness (QED) is 0.248. The van der Waals surface area contributed by atoms with Crippen molar-refractivity contribution in [3.05, 3.63) is 96.2 Å². The number of fused-ring (bicyclic) bond motifs is 2. The third kappa shape index (κ3) is 4.00. The number of pyridine rings is 1. The molecule has 4 nitrogen and oxygen atoms in total. The lowest BCUT2D eigenvalue weighted by molar-refractivity contribution is -0.134. The molecule has 0 aliphatic heterocycles. The second-order valence-corrected chi connectivity index (χ2v) is 8.05. The van der Waals surface area contributed by atoms with E-state index in [0.717, 1.165) is 34.1 Å². The van der Waals surface area contributed by atoms with Gasteiger partial charge in [-0.2, -0.15) is 0 Å². The molecule has 0 unspecified atom stereocenters. The van der Waals surface area contributed by atoms with Gasteiger partial charge in [-0.15, -0.1) is 0 Å². The number of esters is 1. The molecule has 3 aromatic carbocycles. The number of nitrogens with zero attached hydrogens (tertiary/aromatic N) is 1. The Labute approximate surface area is 186 Å². The number of ether oxygens (including phenoxy) is 1. The molecule has 0 radical (unpaired) electrons. The number of aryl methyl sites for hydroxylation is 2. The fraction of sp³-hybridized carbons (Fsp3) is 0.143. The van der Waals surface area contributed by atoms with E-state index in [2.05, 4.69) is 35.1 Å². The number of carbonyl (C=O) groups is 1. The molecular formula is C28H24N2O2. The van der Waals surface area contributed by atoms with Crippen molar-refractivity contribution in [3.63, 3.8) is 0 Å². The maximum absolute atomic E-state index is 12.6. The first-order valence-electron chi connectivity index (χ1n) is 10.9. The number of carbonyl (C=O) groups excluding carboxylic acids is 1. The number of aromatic amines is 1. The Morgan fingerprint density at radius 3 is 2.66 bits per heavy atom. The first kappa shape index (κ1) is 20.0. The van der Waals surface area contributed by atoms with Crippen LogP contribution in [0, 0.1) is 6.92 Å². The summed E-state index contributed by atoms with van der Waals surface area (Å²) in [6.07, 6.45) is 3.62. The molecule has 0 atom stereocenters. The van der Waals surface area contributed by atoms with Crippen LogP contribution >= 0.6 is 0 Å². The Balaban J connectivity index is 1.35. The fourth-order valence-electron chi connectivity index (χ4n) is 4.22. The van der Waals surface area contributed by atoms with Crippen molar-refractivity contribution in [1.82, 2.24) is 9.97 Å². The van der Waals surface area contributed by atoms with Gasteiger partial charge in [-0.25, -0.2) is 0 Å². The molecule has 0 aliphatic rings. The van der Waals surface area contributed by atoms with Gasteiger partial charge in [0.1, 0.15) is 5.75 Å². The van der Waals surface area contributed by atoms with E-state index in [0.29, 0.717) is 18.6 Å². The van der Waals surface area contributed by atoms with Gasteiger partial charge in [0.15, 0.2) is 0 Å². The van der Waals surface area contributed by atoms with Crippen LogP contribution in [-0.2, 0) is 11.2 Å². The highest BCUT2D eigenvalue weighted by molar-refractivity contribution is 5.91. The van der Waals surface area contributed by atoms with E-state index in [4.69, 9.17) is 4.74 Å². The summed E-state index contributed by atoms with van der Waals surface area (Å²) in [4.78, 5) is 20.7. The van der Waals surface area contributed by atoms with Crippen molar-refractivity contribution < 1.29 is 9.53 Å². The van der Waals surface area contributed by atoms with E-state index in [1.807, 2.05) is 60.7 Å². The zero-order valence-corrected chi connectivity index (χ0v) is 18.0. The molecule has 0 amide bonds. The van der Waals surface area contributed by atoms with Gasteiger partial charge in [0, 0.05) is 28.9 Å². The number of rotatable bonds is 6. The van der Waals surface area contributed by atoms with Crippen LogP contribution in [0.3, 0.4) is 0 Å². The summed E-state index contributed by atoms with van der Waals surface area (Å²) in [6, 6.07) is 26.0. The Morgan fingerprint density at radius 2 is 1.78 bits per heavy atom. The van der Waals surface area contributed by atoms with Crippen molar-refractivity contribution >= 4 is 27.6 Å². The minimum Gasteiger partial charge on any atom is -0.426 e. The van der Waals surface area contributed by atoms with E-state index in [9.17, 15) is 4.79 Å². The summed E-state index contributed by atoms with van der Waals surface area (Å²) in [5, 5.41) is 3.20. The SMILES string of the molecule is Cc1ccc2[nH]c(-c3ccccn3)c(CCCC(=O)Oc3cccc4ccccc34)c2c1. The molecule has 158 valence electrons. The summed E-state index contributed by atoms with van der Waals surface area (Å²) in [5.74, 6) is 0.404. The van der Waals surface area contributed by atoms with Crippen LogP contribution < -0.4 is 4.74 Å². The van der Waals surface area contributed by atoms with Gasteiger partial charge in [-0.05, 0) is 61.0 Å². The van der Waals surface area contributed by atoms with Crippen LogP contribution in [0.15, 0.2) is 85.1 Å². The smallest absolute Gasteiger partial charge is 0.311 e. The third-order valence-electron chi connectivity index (χ3n) is 5.76. The van der Waals surface area contributed by atoms with Gasteiger partial charge >= 0.3 is 5.97 Å². The number of hydrogen-bond donors (Lipinski definition) is 1. The highest BCUT2D eigenvalue weighted by Crippen LogP contribution is 2.31. The second-order valence-electron chi connectivity index (χ2n) is 8.05. The predicted molar refractivity (Wildman–Crippen MR) is 129 cm³/mol. The van der Waals surface area contributed by atoms with Crippen LogP contribution in [0.1, 0.15) is 24.0 Å². The number of aromatic nitrogens is 2. The van der Waals surface area contributed by atoms with Crippen LogP contribution in [0.4, 0.5) is 0 Å². The van der Waals surface area contributed by atoms with Gasteiger partial charge in [-0.1, -0.05) is 54.1 Å². The van der Waals surface area contributed by atoms with E-state index in [1.54, 1.807) is 6.20 Å². The molecule has 4 heteroatoms. The Bertz CT molecular complexity index is 1400. The lowest BCUT2D eigenvalue weighted by Gasteiger charge is -2.08. The Kier molecular flexibility index (Phi) is 5.42. The van der Waals surface area contributed by atoms with Gasteiger partial charge in [0.25, 0.3) is 0 Å². The minimum atomic E-state index is -0.211. The van der Waals surface area contributed by atoms with Gasteiger partial charge < -0.3 is 9.72 Å². The zero-order valence-electron chi connectivity index (χ0n) is 18.0. The number of nitrogens with one attached hydrogen (secondary N) is 1. The van der Waals surface area contributed by atoms with Gasteiger partial charge in [0.2, 0.25) is 0 Å². The molecule has 0 bridgehead atoms. The summed E-state index contributed by atoms with van der Waals surface area (Å²) in [7, 11) is 0. The molecule has 0 fully saturated rings. The molecule has 1 N–H and O–H groups in total. The molecule has 2 heterocycles. The zero-order chi connectivity index (χ0) is 21.9. The molecule has 32 heavy (non-hydrogen) atoms. The Morgan fingerprint density at radius 1 is 0.938 bits per heavy atom. The van der Waals surface area contributed by atoms with Crippen LogP contribution in [0.25, 0.3) is 33.1 Å². The first-order chi connectivity index (χ1) is 15.7. The summed E-state index contributed by atoms with van der Waals surface area (Å²) in [5.41, 5.74) is 5.42. The average molecular weight is 421 g/mol. The van der Waals surface area contributed by atoms with Crippen molar-refractivity contribution in [3.8, 4) is 17.1 Å². The number of benzene rings is 3. The van der Waals surface area contributed by atoms with Crippen LogP contribution in [0.5, 0.6) is 5.75 Å². The average Bonchev–Trinajstić information content (AvgIpc) is 3.17. The highest BCUT2D eigenvalue weighted by atomic mass is 16.5. The van der Waals surface area contributed by atoms with Gasteiger partial charge in [-0.3, -0.25) is 9.78 Å². The maximum atomic E-state index is 12.6.